The maximum atomic E-state index is 12.6. The lowest BCUT2D eigenvalue weighted by atomic mass is 10.0. The van der Waals surface area contributed by atoms with Crippen LogP contribution < -0.4 is 11.1 Å². The summed E-state index contributed by atoms with van der Waals surface area (Å²) < 4.78 is 5.41. The minimum Gasteiger partial charge on any atom is -0.464 e. The molecule has 0 saturated heterocycles. The normalized spacial score (nSPS) is 22.7. The molecule has 0 spiro atoms. The number of carbonyl (C=O) groups excluding carboxylic acids is 2. The zero-order chi connectivity index (χ0) is 19.2. The van der Waals surface area contributed by atoms with Crippen molar-refractivity contribution in [2.24, 2.45) is 17.6 Å². The van der Waals surface area contributed by atoms with Crippen LogP contribution in [-0.2, 0) is 20.7 Å². The Morgan fingerprint density at radius 3 is 2.58 bits per heavy atom. The van der Waals surface area contributed by atoms with Gasteiger partial charge in [-0.1, -0.05) is 57.5 Å². The molecule has 1 saturated carbocycles. The van der Waals surface area contributed by atoms with Crippen molar-refractivity contribution in [2.75, 3.05) is 6.61 Å². The minimum atomic E-state index is -0.886. The number of ether oxygens (including phenoxy) is 1. The second-order valence-corrected chi connectivity index (χ2v) is 7.64. The lowest BCUT2D eigenvalue weighted by Gasteiger charge is -2.22. The van der Waals surface area contributed by atoms with Gasteiger partial charge in [-0.15, -0.1) is 0 Å². The number of carbonyl (C=O) groups is 2. The number of esters is 1. The van der Waals surface area contributed by atoms with Crippen molar-refractivity contribution in [1.82, 2.24) is 5.32 Å². The molecule has 0 aliphatic heterocycles. The van der Waals surface area contributed by atoms with E-state index in [-0.39, 0.29) is 17.8 Å². The Morgan fingerprint density at radius 1 is 1.31 bits per heavy atom. The van der Waals surface area contributed by atoms with Crippen molar-refractivity contribution in [1.29, 1.82) is 0 Å². The van der Waals surface area contributed by atoms with Gasteiger partial charge in [0, 0.05) is 0 Å². The smallest absolute Gasteiger partial charge is 0.332 e. The lowest BCUT2D eigenvalue weighted by molar-refractivity contribution is -0.150. The lowest BCUT2D eigenvalue weighted by Crippen LogP contribution is -2.52. The van der Waals surface area contributed by atoms with Crippen molar-refractivity contribution >= 4 is 11.9 Å². The average Bonchev–Trinajstić information content (AvgIpc) is 3.36. The van der Waals surface area contributed by atoms with Crippen molar-refractivity contribution in [3.8, 4) is 0 Å². The summed E-state index contributed by atoms with van der Waals surface area (Å²) in [5, 5.41) is 2.92. The molecule has 0 heterocycles. The molecule has 1 aromatic carbocycles. The molecule has 5 nitrogen and oxygen atoms in total. The first-order valence-electron chi connectivity index (χ1n) is 9.69. The molecule has 5 heteroatoms. The first-order valence-corrected chi connectivity index (χ1v) is 9.69. The summed E-state index contributed by atoms with van der Waals surface area (Å²) >= 11 is 0. The maximum Gasteiger partial charge on any atom is 0.332 e. The Hall–Kier alpha value is -1.88. The molecular formula is C21H32N2O3. The molecule has 1 aliphatic rings. The molecule has 1 fully saturated rings. The van der Waals surface area contributed by atoms with Gasteiger partial charge < -0.3 is 15.8 Å². The summed E-state index contributed by atoms with van der Waals surface area (Å²) in [7, 11) is 0. The number of aryl methyl sites for hydroxylation is 1. The highest BCUT2D eigenvalue weighted by molar-refractivity contribution is 5.93. The average molecular weight is 360 g/mol. The van der Waals surface area contributed by atoms with Gasteiger partial charge in [-0.3, -0.25) is 4.79 Å². The first-order chi connectivity index (χ1) is 12.4. The van der Waals surface area contributed by atoms with Crippen molar-refractivity contribution in [3.63, 3.8) is 0 Å². The number of amides is 1. The molecule has 0 radical (unpaired) electrons. The molecular weight excluding hydrogens is 328 g/mol. The SMILES string of the molecule is CCCCOC(=O)C1(NC(=O)[C@@H](N)CCc2ccccc2)C[C@H]1C(C)C. The van der Waals surface area contributed by atoms with Crippen LogP contribution in [0.15, 0.2) is 30.3 Å². The largest absolute Gasteiger partial charge is 0.464 e. The van der Waals surface area contributed by atoms with Gasteiger partial charge in [-0.2, -0.15) is 0 Å². The van der Waals surface area contributed by atoms with E-state index in [0.717, 1.165) is 24.8 Å². The van der Waals surface area contributed by atoms with Crippen LogP contribution in [-0.4, -0.2) is 30.1 Å². The molecule has 1 amide bonds. The van der Waals surface area contributed by atoms with Crippen LogP contribution in [0.4, 0.5) is 0 Å². The monoisotopic (exact) mass is 360 g/mol. The Morgan fingerprint density at radius 2 is 2.00 bits per heavy atom. The Balaban J connectivity index is 1.92. The van der Waals surface area contributed by atoms with Crippen LogP contribution in [0.2, 0.25) is 0 Å². The zero-order valence-corrected chi connectivity index (χ0v) is 16.2. The van der Waals surface area contributed by atoms with Crippen LogP contribution in [0, 0.1) is 11.8 Å². The van der Waals surface area contributed by atoms with E-state index >= 15 is 0 Å². The van der Waals surface area contributed by atoms with Crippen LogP contribution >= 0.6 is 0 Å². The second-order valence-electron chi connectivity index (χ2n) is 7.64. The number of benzene rings is 1. The first kappa shape index (κ1) is 20.4. The highest BCUT2D eigenvalue weighted by Gasteiger charge is 2.63. The van der Waals surface area contributed by atoms with Gasteiger partial charge in [0.1, 0.15) is 5.54 Å². The highest BCUT2D eigenvalue weighted by Crippen LogP contribution is 2.49. The molecule has 26 heavy (non-hydrogen) atoms. The second kappa shape index (κ2) is 9.17. The molecule has 0 bridgehead atoms. The van der Waals surface area contributed by atoms with Crippen LogP contribution in [0.5, 0.6) is 0 Å². The molecule has 144 valence electrons. The molecule has 2 rings (SSSR count). The number of nitrogens with one attached hydrogen (secondary N) is 1. The maximum absolute atomic E-state index is 12.6. The van der Waals surface area contributed by atoms with Gasteiger partial charge in [0.05, 0.1) is 12.6 Å². The number of unbranched alkanes of at least 4 members (excludes halogenated alkanes) is 1. The Kier molecular flexibility index (Phi) is 7.21. The Labute approximate surface area is 156 Å². The third-order valence-electron chi connectivity index (χ3n) is 5.18. The standard InChI is InChI=1S/C21H32N2O3/c1-4-5-13-26-20(25)21(14-17(21)15(2)3)23-19(24)18(22)12-11-16-9-7-6-8-10-16/h6-10,15,17-18H,4-5,11-14,22H2,1-3H3,(H,23,24)/t17-,18-,21?/m0/s1. The summed E-state index contributed by atoms with van der Waals surface area (Å²) in [6, 6.07) is 9.31. The minimum absolute atomic E-state index is 0.113. The van der Waals surface area contributed by atoms with E-state index in [4.69, 9.17) is 10.5 Å². The topological polar surface area (TPSA) is 81.4 Å². The number of nitrogens with two attached hydrogens (primary N) is 1. The van der Waals surface area contributed by atoms with Crippen molar-refractivity contribution in [3.05, 3.63) is 35.9 Å². The fraction of sp³-hybridized carbons (Fsp3) is 0.619. The molecule has 0 aromatic heterocycles. The van der Waals surface area contributed by atoms with Crippen molar-refractivity contribution in [2.45, 2.75) is 64.5 Å². The predicted octanol–water partition coefficient (Wildman–Crippen LogP) is 2.82. The van der Waals surface area contributed by atoms with Gasteiger partial charge in [0.25, 0.3) is 0 Å². The van der Waals surface area contributed by atoms with Gasteiger partial charge >= 0.3 is 5.97 Å². The van der Waals surface area contributed by atoms with Gasteiger partial charge in [-0.25, -0.2) is 4.79 Å². The van der Waals surface area contributed by atoms with Crippen LogP contribution in [0.25, 0.3) is 0 Å². The molecule has 3 atom stereocenters. The molecule has 3 N–H and O–H groups in total. The summed E-state index contributed by atoms with van der Waals surface area (Å²) in [5.41, 5.74) is 6.34. The van der Waals surface area contributed by atoms with E-state index in [1.54, 1.807) is 0 Å². The van der Waals surface area contributed by atoms with E-state index in [9.17, 15) is 9.59 Å². The van der Waals surface area contributed by atoms with Crippen molar-refractivity contribution < 1.29 is 14.3 Å². The van der Waals surface area contributed by atoms with Gasteiger partial charge in [0.2, 0.25) is 5.91 Å². The Bertz CT molecular complexity index is 603. The van der Waals surface area contributed by atoms with Crippen LogP contribution in [0.1, 0.15) is 52.0 Å². The van der Waals surface area contributed by atoms with E-state index in [2.05, 4.69) is 19.2 Å². The predicted molar refractivity (Wildman–Crippen MR) is 102 cm³/mol. The van der Waals surface area contributed by atoms with E-state index < -0.39 is 11.6 Å². The summed E-state index contributed by atoms with van der Waals surface area (Å²) in [6.07, 6.45) is 3.70. The van der Waals surface area contributed by atoms with Gasteiger partial charge in [0.15, 0.2) is 0 Å². The highest BCUT2D eigenvalue weighted by atomic mass is 16.5. The summed E-state index contributed by atoms with van der Waals surface area (Å²) in [5.74, 6) is -0.166. The molecule has 1 aliphatic carbocycles. The van der Waals surface area contributed by atoms with E-state index in [1.165, 1.54) is 0 Å². The third kappa shape index (κ3) is 5.07. The number of hydrogen-bond acceptors (Lipinski definition) is 4. The van der Waals surface area contributed by atoms with Crippen LogP contribution in [0.3, 0.4) is 0 Å². The molecule has 1 unspecified atom stereocenters. The third-order valence-corrected chi connectivity index (χ3v) is 5.18. The summed E-state index contributed by atoms with van der Waals surface area (Å²) in [6.45, 7) is 6.57. The van der Waals surface area contributed by atoms with E-state index in [0.29, 0.717) is 25.4 Å². The van der Waals surface area contributed by atoms with E-state index in [1.807, 2.05) is 37.3 Å². The molecule has 1 aromatic rings. The summed E-state index contributed by atoms with van der Waals surface area (Å²) in [4.78, 5) is 25.2. The number of rotatable bonds is 10. The van der Waals surface area contributed by atoms with Gasteiger partial charge in [-0.05, 0) is 43.1 Å². The quantitative estimate of drug-likeness (QED) is 0.496. The fourth-order valence-electron chi connectivity index (χ4n) is 3.37. The fourth-order valence-corrected chi connectivity index (χ4v) is 3.37. The number of hydrogen-bond donors (Lipinski definition) is 2. The zero-order valence-electron chi connectivity index (χ0n) is 16.2.